The van der Waals surface area contributed by atoms with Crippen molar-refractivity contribution in [2.24, 2.45) is 0 Å². The summed E-state index contributed by atoms with van der Waals surface area (Å²) >= 11 is 0. The lowest BCUT2D eigenvalue weighted by Gasteiger charge is -2.21. The molecular formula is C28H38N4O3. The Labute approximate surface area is 208 Å². The van der Waals surface area contributed by atoms with E-state index in [0.717, 1.165) is 57.5 Å². The molecule has 3 amide bonds. The first-order valence-electron chi connectivity index (χ1n) is 12.8. The van der Waals surface area contributed by atoms with E-state index in [2.05, 4.69) is 24.5 Å². The number of benzene rings is 2. The van der Waals surface area contributed by atoms with Gasteiger partial charge in [0.05, 0.1) is 6.54 Å². The fourth-order valence-electron chi connectivity index (χ4n) is 4.34. The van der Waals surface area contributed by atoms with Crippen LogP contribution < -0.4 is 10.6 Å². The first kappa shape index (κ1) is 26.3. The Morgan fingerprint density at radius 3 is 2.11 bits per heavy atom. The molecule has 0 radical (unpaired) electrons. The Kier molecular flexibility index (Phi) is 10.1. The highest BCUT2D eigenvalue weighted by Crippen LogP contribution is 2.16. The van der Waals surface area contributed by atoms with Gasteiger partial charge in [-0.1, -0.05) is 32.8 Å². The van der Waals surface area contributed by atoms with Crippen molar-refractivity contribution in [2.45, 2.75) is 52.4 Å². The minimum atomic E-state index is -0.202. The molecule has 1 aliphatic heterocycles. The standard InChI is InChI=1S/C28H38N4O3/c1-3-16-31(17-4-2)28(35)23-10-9-11-25(20-23)29-21-26(33)30-24-14-12-22(13-15-24)27(34)32-18-7-5-6-8-19-32/h9-15,20,29H,3-8,16-19,21H2,1-2H3,(H,30,33). The molecule has 1 fully saturated rings. The molecule has 0 spiro atoms. The average Bonchev–Trinajstić information content (AvgIpc) is 3.17. The van der Waals surface area contributed by atoms with Crippen LogP contribution in [0, 0.1) is 0 Å². The van der Waals surface area contributed by atoms with Gasteiger partial charge in [-0.15, -0.1) is 0 Å². The topological polar surface area (TPSA) is 81.8 Å². The van der Waals surface area contributed by atoms with Gasteiger partial charge in [-0.3, -0.25) is 14.4 Å². The highest BCUT2D eigenvalue weighted by Gasteiger charge is 2.17. The van der Waals surface area contributed by atoms with Crippen molar-refractivity contribution < 1.29 is 14.4 Å². The zero-order chi connectivity index (χ0) is 25.0. The van der Waals surface area contributed by atoms with E-state index in [-0.39, 0.29) is 24.3 Å². The maximum Gasteiger partial charge on any atom is 0.253 e. The summed E-state index contributed by atoms with van der Waals surface area (Å²) in [5.74, 6) is -0.138. The van der Waals surface area contributed by atoms with Gasteiger partial charge in [0, 0.05) is 48.7 Å². The third-order valence-corrected chi connectivity index (χ3v) is 6.15. The van der Waals surface area contributed by atoms with Crippen molar-refractivity contribution in [3.63, 3.8) is 0 Å². The predicted octanol–water partition coefficient (Wildman–Crippen LogP) is 5.02. The van der Waals surface area contributed by atoms with Crippen LogP contribution in [-0.2, 0) is 4.79 Å². The summed E-state index contributed by atoms with van der Waals surface area (Å²) < 4.78 is 0. The summed E-state index contributed by atoms with van der Waals surface area (Å²) in [4.78, 5) is 41.8. The third-order valence-electron chi connectivity index (χ3n) is 6.15. The fourth-order valence-corrected chi connectivity index (χ4v) is 4.34. The van der Waals surface area contributed by atoms with Crippen molar-refractivity contribution in [1.29, 1.82) is 0 Å². The molecule has 0 aromatic heterocycles. The lowest BCUT2D eigenvalue weighted by atomic mass is 10.1. The second-order valence-corrected chi connectivity index (χ2v) is 9.06. The highest BCUT2D eigenvalue weighted by molar-refractivity contribution is 5.97. The molecule has 0 saturated carbocycles. The zero-order valence-electron chi connectivity index (χ0n) is 21.0. The Hall–Kier alpha value is -3.35. The molecule has 3 rings (SSSR count). The normalized spacial score (nSPS) is 13.6. The number of rotatable bonds is 10. The van der Waals surface area contributed by atoms with E-state index in [4.69, 9.17) is 0 Å². The van der Waals surface area contributed by atoms with E-state index < -0.39 is 0 Å². The Balaban J connectivity index is 1.52. The molecule has 0 aliphatic carbocycles. The van der Waals surface area contributed by atoms with Crippen LogP contribution in [0.5, 0.6) is 0 Å². The van der Waals surface area contributed by atoms with Gasteiger partial charge in [-0.2, -0.15) is 0 Å². The van der Waals surface area contributed by atoms with Gasteiger partial charge in [0.2, 0.25) is 5.91 Å². The van der Waals surface area contributed by atoms with Gasteiger partial charge >= 0.3 is 0 Å². The van der Waals surface area contributed by atoms with Crippen molar-refractivity contribution in [1.82, 2.24) is 9.80 Å². The summed E-state index contributed by atoms with van der Waals surface area (Å²) in [6.45, 7) is 7.28. The number of carbonyl (C=O) groups excluding carboxylic acids is 3. The lowest BCUT2D eigenvalue weighted by Crippen LogP contribution is -2.32. The van der Waals surface area contributed by atoms with Crippen molar-refractivity contribution in [3.8, 4) is 0 Å². The van der Waals surface area contributed by atoms with Gasteiger partial charge in [-0.25, -0.2) is 0 Å². The molecule has 1 aliphatic rings. The first-order chi connectivity index (χ1) is 17.0. The molecule has 0 atom stereocenters. The number of hydrogen-bond donors (Lipinski definition) is 2. The van der Waals surface area contributed by atoms with Gasteiger partial charge in [0.1, 0.15) is 0 Å². The smallest absolute Gasteiger partial charge is 0.253 e. The van der Waals surface area contributed by atoms with Crippen LogP contribution in [0.1, 0.15) is 73.1 Å². The summed E-state index contributed by atoms with van der Waals surface area (Å²) in [6, 6.07) is 14.3. The zero-order valence-corrected chi connectivity index (χ0v) is 21.0. The van der Waals surface area contributed by atoms with Crippen LogP contribution in [-0.4, -0.2) is 60.2 Å². The predicted molar refractivity (Wildman–Crippen MR) is 141 cm³/mol. The van der Waals surface area contributed by atoms with Crippen molar-refractivity contribution >= 4 is 29.1 Å². The molecule has 7 nitrogen and oxygen atoms in total. The SMILES string of the molecule is CCCN(CCC)C(=O)c1cccc(NCC(=O)Nc2ccc(C(=O)N3CCCCCC3)cc2)c1. The van der Waals surface area contributed by atoms with Gasteiger partial charge in [0.25, 0.3) is 11.8 Å². The summed E-state index contributed by atoms with van der Waals surface area (Å²) in [7, 11) is 0. The second-order valence-electron chi connectivity index (χ2n) is 9.06. The van der Waals surface area contributed by atoms with Crippen molar-refractivity contribution in [3.05, 3.63) is 59.7 Å². The molecule has 1 saturated heterocycles. The van der Waals surface area contributed by atoms with Crippen LogP contribution in [0.4, 0.5) is 11.4 Å². The van der Waals surface area contributed by atoms with E-state index in [9.17, 15) is 14.4 Å². The average molecular weight is 479 g/mol. The van der Waals surface area contributed by atoms with Crippen LogP contribution >= 0.6 is 0 Å². The van der Waals surface area contributed by atoms with Crippen LogP contribution in [0.3, 0.4) is 0 Å². The highest BCUT2D eigenvalue weighted by atomic mass is 16.2. The maximum absolute atomic E-state index is 12.8. The van der Waals surface area contributed by atoms with Gasteiger partial charge in [-0.05, 0) is 68.1 Å². The molecule has 188 valence electrons. The largest absolute Gasteiger partial charge is 0.376 e. The van der Waals surface area contributed by atoms with Crippen LogP contribution in [0.15, 0.2) is 48.5 Å². The van der Waals surface area contributed by atoms with Crippen LogP contribution in [0.2, 0.25) is 0 Å². The molecule has 2 aromatic rings. The number of carbonyl (C=O) groups is 3. The van der Waals surface area contributed by atoms with Gasteiger partial charge < -0.3 is 20.4 Å². The number of anilines is 2. The maximum atomic E-state index is 12.8. The summed E-state index contributed by atoms with van der Waals surface area (Å²) in [5.41, 5.74) is 2.62. The third kappa shape index (κ3) is 7.84. The molecular weight excluding hydrogens is 440 g/mol. The quantitative estimate of drug-likeness (QED) is 0.503. The molecule has 0 unspecified atom stereocenters. The fraction of sp³-hybridized carbons (Fsp3) is 0.464. The van der Waals surface area contributed by atoms with E-state index in [1.54, 1.807) is 36.4 Å². The number of likely N-dealkylation sites (tertiary alicyclic amines) is 1. The van der Waals surface area contributed by atoms with E-state index in [0.29, 0.717) is 16.8 Å². The van der Waals surface area contributed by atoms with E-state index in [1.165, 1.54) is 12.8 Å². The Morgan fingerprint density at radius 2 is 1.49 bits per heavy atom. The summed E-state index contributed by atoms with van der Waals surface area (Å²) in [6.07, 6.45) is 6.30. The van der Waals surface area contributed by atoms with Gasteiger partial charge in [0.15, 0.2) is 0 Å². The molecule has 1 heterocycles. The lowest BCUT2D eigenvalue weighted by molar-refractivity contribution is -0.114. The molecule has 35 heavy (non-hydrogen) atoms. The minimum Gasteiger partial charge on any atom is -0.376 e. The monoisotopic (exact) mass is 478 g/mol. The number of amides is 3. The Bertz CT molecular complexity index is 976. The molecule has 2 aromatic carbocycles. The Morgan fingerprint density at radius 1 is 0.829 bits per heavy atom. The number of nitrogens with zero attached hydrogens (tertiary/aromatic N) is 2. The minimum absolute atomic E-state index is 0.0108. The molecule has 0 bridgehead atoms. The van der Waals surface area contributed by atoms with E-state index in [1.807, 2.05) is 21.9 Å². The second kappa shape index (κ2) is 13.5. The number of hydrogen-bond acceptors (Lipinski definition) is 4. The van der Waals surface area contributed by atoms with E-state index >= 15 is 0 Å². The molecule has 2 N–H and O–H groups in total. The number of nitrogens with one attached hydrogen (secondary N) is 2. The first-order valence-corrected chi connectivity index (χ1v) is 12.8. The molecule has 7 heteroatoms. The van der Waals surface area contributed by atoms with Crippen LogP contribution in [0.25, 0.3) is 0 Å². The van der Waals surface area contributed by atoms with Crippen molar-refractivity contribution in [2.75, 3.05) is 43.4 Å². The summed E-state index contributed by atoms with van der Waals surface area (Å²) in [5, 5.41) is 5.95.